The number of hydrogen-bond acceptors (Lipinski definition) is 2. The molecule has 1 saturated carbocycles. The zero-order chi connectivity index (χ0) is 17.1. The number of nitrogens with one attached hydrogen (secondary N) is 1. The Morgan fingerprint density at radius 1 is 1.30 bits per heavy atom. The maximum absolute atomic E-state index is 12.8. The lowest BCUT2D eigenvalue weighted by Crippen LogP contribution is -2.44. The average Bonchev–Trinajstić information content (AvgIpc) is 2.52. The van der Waals surface area contributed by atoms with Gasteiger partial charge >= 0.3 is 6.18 Å². The number of allylic oxidation sites excluding steroid dienone is 5. The molecule has 0 heterocycles. The Labute approximate surface area is 143 Å². The van der Waals surface area contributed by atoms with E-state index in [0.29, 0.717) is 31.3 Å². The van der Waals surface area contributed by atoms with E-state index in [1.807, 2.05) is 12.2 Å². The fourth-order valence-electron chi connectivity index (χ4n) is 3.40. The van der Waals surface area contributed by atoms with Crippen LogP contribution in [0.25, 0.3) is 0 Å². The first-order chi connectivity index (χ1) is 10.7. The topological polar surface area (TPSA) is 29.1 Å². The number of alkyl halides is 3. The van der Waals surface area contributed by atoms with Crippen LogP contribution in [0, 0.1) is 5.41 Å². The van der Waals surface area contributed by atoms with E-state index in [0.717, 1.165) is 17.3 Å². The van der Waals surface area contributed by atoms with Gasteiger partial charge < -0.3 is 5.32 Å². The van der Waals surface area contributed by atoms with Crippen LogP contribution < -0.4 is 5.32 Å². The monoisotopic (exact) mass is 391 g/mol. The zero-order valence-corrected chi connectivity index (χ0v) is 14.5. The highest BCUT2D eigenvalue weighted by Gasteiger charge is 2.42. The lowest BCUT2D eigenvalue weighted by Gasteiger charge is -2.39. The number of rotatable bonds is 2. The molecule has 0 aliphatic heterocycles. The first-order valence-corrected chi connectivity index (χ1v) is 8.59. The minimum Gasteiger partial charge on any atom is -0.306 e. The SMILES string of the molecule is C=C1/C=C(Br)\C=C/CCC2(CCC(NCC(F)(F)F)CC2)C1=O. The van der Waals surface area contributed by atoms with Crippen molar-refractivity contribution in [3.05, 3.63) is 34.9 Å². The van der Waals surface area contributed by atoms with Crippen molar-refractivity contribution in [2.75, 3.05) is 6.54 Å². The molecule has 2 aliphatic carbocycles. The second kappa shape index (κ2) is 7.34. The molecule has 0 atom stereocenters. The van der Waals surface area contributed by atoms with Crippen LogP contribution in [0.1, 0.15) is 38.5 Å². The van der Waals surface area contributed by atoms with E-state index in [1.54, 1.807) is 6.08 Å². The summed E-state index contributed by atoms with van der Waals surface area (Å²) in [5.41, 5.74) is -0.0171. The molecule has 0 amide bonds. The molecule has 1 spiro atoms. The Kier molecular flexibility index (Phi) is 5.89. The number of hydrogen-bond donors (Lipinski definition) is 1. The summed E-state index contributed by atoms with van der Waals surface area (Å²) in [7, 11) is 0. The summed E-state index contributed by atoms with van der Waals surface area (Å²) in [5, 5.41) is 2.56. The van der Waals surface area contributed by atoms with Crippen molar-refractivity contribution in [2.24, 2.45) is 5.41 Å². The molecule has 2 nitrogen and oxygen atoms in total. The highest BCUT2D eigenvalue weighted by molar-refractivity contribution is 9.11. The number of Topliss-reactive ketones (excluding diaryl/α,β-unsaturated/α-hetero) is 1. The van der Waals surface area contributed by atoms with Crippen molar-refractivity contribution >= 4 is 21.7 Å². The second-order valence-corrected chi connectivity index (χ2v) is 7.29. The Hall–Kier alpha value is -0.880. The summed E-state index contributed by atoms with van der Waals surface area (Å²) < 4.78 is 37.7. The van der Waals surface area contributed by atoms with Crippen LogP contribution in [0.3, 0.4) is 0 Å². The standard InChI is InChI=1S/C17H21BrF3NO/c1-12-10-13(18)4-2-3-7-16(15(12)23)8-5-14(6-9-16)22-11-17(19,20)21/h2,4,10,14,22H,1,3,5-9,11H2/b4-2-,13-10+. The lowest BCUT2D eigenvalue weighted by atomic mass is 9.66. The second-order valence-electron chi connectivity index (χ2n) is 6.38. The van der Waals surface area contributed by atoms with E-state index in [9.17, 15) is 18.0 Å². The summed E-state index contributed by atoms with van der Waals surface area (Å²) >= 11 is 3.38. The zero-order valence-electron chi connectivity index (χ0n) is 12.9. The van der Waals surface area contributed by atoms with Crippen LogP contribution in [-0.2, 0) is 4.79 Å². The highest BCUT2D eigenvalue weighted by atomic mass is 79.9. The quantitative estimate of drug-likeness (QED) is 0.683. The van der Waals surface area contributed by atoms with Crippen molar-refractivity contribution in [3.8, 4) is 0 Å². The van der Waals surface area contributed by atoms with Gasteiger partial charge in [0.25, 0.3) is 0 Å². The molecule has 0 unspecified atom stereocenters. The van der Waals surface area contributed by atoms with E-state index in [-0.39, 0.29) is 11.8 Å². The highest BCUT2D eigenvalue weighted by Crippen LogP contribution is 2.43. The molecule has 0 radical (unpaired) electrons. The third-order valence-electron chi connectivity index (χ3n) is 4.69. The molecule has 0 aromatic carbocycles. The molecule has 0 aromatic rings. The van der Waals surface area contributed by atoms with Crippen LogP contribution in [0.15, 0.2) is 34.9 Å². The third kappa shape index (κ3) is 5.05. The predicted molar refractivity (Wildman–Crippen MR) is 88.3 cm³/mol. The Bertz CT molecular complexity index is 528. The number of carbonyl (C=O) groups excluding carboxylic acids is 1. The van der Waals surface area contributed by atoms with E-state index in [2.05, 4.69) is 27.8 Å². The Morgan fingerprint density at radius 2 is 1.96 bits per heavy atom. The Morgan fingerprint density at radius 3 is 2.57 bits per heavy atom. The number of carbonyl (C=O) groups is 1. The van der Waals surface area contributed by atoms with Gasteiger partial charge in [0, 0.05) is 21.5 Å². The van der Waals surface area contributed by atoms with Crippen molar-refractivity contribution in [1.82, 2.24) is 5.32 Å². The minimum atomic E-state index is -4.20. The van der Waals surface area contributed by atoms with Crippen molar-refractivity contribution < 1.29 is 18.0 Å². The molecule has 6 heteroatoms. The lowest BCUT2D eigenvalue weighted by molar-refractivity contribution is -0.131. The molecule has 1 N–H and O–H groups in total. The minimum absolute atomic E-state index is 0.0346. The van der Waals surface area contributed by atoms with Crippen LogP contribution in [0.2, 0.25) is 0 Å². The molecule has 2 rings (SSSR count). The largest absolute Gasteiger partial charge is 0.401 e. The predicted octanol–water partition coefficient (Wildman–Crippen LogP) is 4.82. The molecule has 1 fully saturated rings. The van der Waals surface area contributed by atoms with Crippen LogP contribution in [0.4, 0.5) is 13.2 Å². The van der Waals surface area contributed by atoms with E-state index in [1.165, 1.54) is 0 Å². The van der Waals surface area contributed by atoms with Gasteiger partial charge in [-0.1, -0.05) is 34.7 Å². The first-order valence-electron chi connectivity index (χ1n) is 7.79. The van der Waals surface area contributed by atoms with E-state index < -0.39 is 18.1 Å². The van der Waals surface area contributed by atoms with Crippen LogP contribution >= 0.6 is 15.9 Å². The van der Waals surface area contributed by atoms with Gasteiger partial charge in [0.05, 0.1) is 6.54 Å². The molecule has 2 aliphatic rings. The van der Waals surface area contributed by atoms with Gasteiger partial charge in [0.15, 0.2) is 5.78 Å². The Balaban J connectivity index is 2.03. The molecular weight excluding hydrogens is 371 g/mol. The summed E-state index contributed by atoms with van der Waals surface area (Å²) in [6.45, 7) is 2.90. The molecule has 0 saturated heterocycles. The van der Waals surface area contributed by atoms with Gasteiger partial charge in [0.2, 0.25) is 0 Å². The van der Waals surface area contributed by atoms with E-state index >= 15 is 0 Å². The molecule has 128 valence electrons. The van der Waals surface area contributed by atoms with Gasteiger partial charge in [-0.2, -0.15) is 13.2 Å². The van der Waals surface area contributed by atoms with Gasteiger partial charge in [-0.15, -0.1) is 0 Å². The molecule has 0 aromatic heterocycles. The molecular formula is C17H21BrF3NO. The normalized spacial score (nSPS) is 33.6. The van der Waals surface area contributed by atoms with Crippen molar-refractivity contribution in [3.63, 3.8) is 0 Å². The van der Waals surface area contributed by atoms with Crippen molar-refractivity contribution in [1.29, 1.82) is 0 Å². The fraction of sp³-hybridized carbons (Fsp3) is 0.588. The summed E-state index contributed by atoms with van der Waals surface area (Å²) in [6.07, 6.45) is 5.35. The first kappa shape index (κ1) is 18.5. The third-order valence-corrected chi connectivity index (χ3v) is 5.18. The summed E-state index contributed by atoms with van der Waals surface area (Å²) in [6, 6.07) is -0.172. The van der Waals surface area contributed by atoms with Crippen molar-refractivity contribution in [2.45, 2.75) is 50.7 Å². The number of halogens is 4. The maximum atomic E-state index is 12.8. The average molecular weight is 392 g/mol. The molecule has 23 heavy (non-hydrogen) atoms. The van der Waals surface area contributed by atoms with Crippen LogP contribution in [-0.4, -0.2) is 24.5 Å². The number of ketones is 1. The summed E-state index contributed by atoms with van der Waals surface area (Å²) in [4.78, 5) is 12.8. The van der Waals surface area contributed by atoms with Gasteiger partial charge in [-0.3, -0.25) is 4.79 Å². The maximum Gasteiger partial charge on any atom is 0.401 e. The van der Waals surface area contributed by atoms with Crippen LogP contribution in [0.5, 0.6) is 0 Å². The molecule has 0 bridgehead atoms. The smallest absolute Gasteiger partial charge is 0.306 e. The fourth-order valence-corrected chi connectivity index (χ4v) is 3.86. The van der Waals surface area contributed by atoms with Gasteiger partial charge in [-0.25, -0.2) is 0 Å². The van der Waals surface area contributed by atoms with Gasteiger partial charge in [0.1, 0.15) is 0 Å². The van der Waals surface area contributed by atoms with E-state index in [4.69, 9.17) is 0 Å². The van der Waals surface area contributed by atoms with Gasteiger partial charge in [-0.05, 0) is 44.6 Å². The summed E-state index contributed by atoms with van der Waals surface area (Å²) in [5.74, 6) is 0.0346.